The number of aromatic nitrogens is 2. The zero-order valence-electron chi connectivity index (χ0n) is 12.5. The van der Waals surface area contributed by atoms with Gasteiger partial charge in [0.15, 0.2) is 0 Å². The molecule has 6 heteroatoms. The molecule has 0 radical (unpaired) electrons. The number of benzene rings is 1. The fourth-order valence-electron chi connectivity index (χ4n) is 3.85. The smallest absolute Gasteiger partial charge is 0.311 e. The summed E-state index contributed by atoms with van der Waals surface area (Å²) in [7, 11) is 0. The molecule has 2 heterocycles. The van der Waals surface area contributed by atoms with Crippen LogP contribution < -0.4 is 4.90 Å². The number of anilines is 1. The monoisotopic (exact) mass is 296 g/mol. The molecule has 1 aromatic heterocycles. The van der Waals surface area contributed by atoms with Gasteiger partial charge in [-0.2, -0.15) is 0 Å². The maximum absolute atomic E-state index is 11.1. The van der Waals surface area contributed by atoms with Crippen LogP contribution in [0, 0.1) is 24.0 Å². The van der Waals surface area contributed by atoms with Gasteiger partial charge in [0.2, 0.25) is 5.95 Å². The largest absolute Gasteiger partial charge is 0.333 e. The maximum Gasteiger partial charge on any atom is 0.311 e. The molecule has 2 aromatic rings. The number of fused-ring (bicyclic) bond motifs is 5. The number of aryl methyl sites for hydroxylation is 2. The van der Waals surface area contributed by atoms with E-state index in [4.69, 9.17) is 0 Å². The first-order valence-electron chi connectivity index (χ1n) is 7.41. The first-order valence-corrected chi connectivity index (χ1v) is 7.41. The summed E-state index contributed by atoms with van der Waals surface area (Å²) in [5.41, 5.74) is 3.66. The molecule has 6 nitrogen and oxygen atoms in total. The molecule has 2 unspecified atom stereocenters. The molecular weight excluding hydrogens is 280 g/mol. The highest BCUT2D eigenvalue weighted by Crippen LogP contribution is 2.51. The molecule has 2 atom stereocenters. The number of nitro groups is 1. The van der Waals surface area contributed by atoms with Crippen molar-refractivity contribution in [3.63, 3.8) is 0 Å². The van der Waals surface area contributed by atoms with Crippen molar-refractivity contribution in [1.82, 2.24) is 9.97 Å². The van der Waals surface area contributed by atoms with Crippen molar-refractivity contribution in [3.8, 4) is 0 Å². The highest BCUT2D eigenvalue weighted by molar-refractivity contribution is 5.53. The number of hydrogen-bond acceptors (Lipinski definition) is 5. The summed E-state index contributed by atoms with van der Waals surface area (Å²) in [6.45, 7) is 4.25. The van der Waals surface area contributed by atoms with Gasteiger partial charge in [0.25, 0.3) is 0 Å². The van der Waals surface area contributed by atoms with Crippen LogP contribution in [0.25, 0.3) is 0 Å². The second-order valence-electron chi connectivity index (χ2n) is 6.03. The van der Waals surface area contributed by atoms with Crippen molar-refractivity contribution in [2.24, 2.45) is 0 Å². The lowest BCUT2D eigenvalue weighted by molar-refractivity contribution is -0.386. The molecule has 1 aliphatic heterocycles. The Morgan fingerprint density at radius 3 is 2.45 bits per heavy atom. The average molecular weight is 296 g/mol. The van der Waals surface area contributed by atoms with Crippen molar-refractivity contribution < 1.29 is 4.92 Å². The fourth-order valence-corrected chi connectivity index (χ4v) is 3.85. The summed E-state index contributed by atoms with van der Waals surface area (Å²) < 4.78 is 0. The van der Waals surface area contributed by atoms with Crippen molar-refractivity contribution in [2.45, 2.75) is 32.2 Å². The van der Waals surface area contributed by atoms with Crippen molar-refractivity contribution in [2.75, 3.05) is 11.4 Å². The Labute approximate surface area is 128 Å². The summed E-state index contributed by atoms with van der Waals surface area (Å²) in [5.74, 6) is 1.13. The minimum atomic E-state index is -0.403. The van der Waals surface area contributed by atoms with Crippen molar-refractivity contribution >= 4 is 11.6 Å². The van der Waals surface area contributed by atoms with Crippen LogP contribution in [0.15, 0.2) is 24.3 Å². The second kappa shape index (κ2) is 4.50. The lowest BCUT2D eigenvalue weighted by Crippen LogP contribution is -2.29. The molecular formula is C16H16N4O2. The minimum absolute atomic E-state index is 0.0218. The second-order valence-corrected chi connectivity index (χ2v) is 6.03. The highest BCUT2D eigenvalue weighted by Gasteiger charge is 2.43. The number of hydrogen-bond donors (Lipinski definition) is 0. The Kier molecular flexibility index (Phi) is 2.69. The Morgan fingerprint density at radius 2 is 1.82 bits per heavy atom. The standard InChI is InChI=1S/C16H16N4O2/c1-9-15(20(21)22)10(2)18-16(17-9)19-8-11-7-14(19)13-6-4-3-5-12(11)13/h3-6,11,14H,7-8H2,1-2H3. The molecule has 22 heavy (non-hydrogen) atoms. The van der Waals surface area contributed by atoms with Crippen molar-refractivity contribution in [3.05, 3.63) is 56.9 Å². The predicted molar refractivity (Wildman–Crippen MR) is 82.0 cm³/mol. The van der Waals surface area contributed by atoms with Gasteiger partial charge in [-0.25, -0.2) is 9.97 Å². The molecule has 112 valence electrons. The Bertz CT molecular complexity index is 766. The third kappa shape index (κ3) is 1.73. The Balaban J connectivity index is 1.75. The van der Waals surface area contributed by atoms with E-state index >= 15 is 0 Å². The molecule has 2 bridgehead atoms. The highest BCUT2D eigenvalue weighted by atomic mass is 16.6. The van der Waals surface area contributed by atoms with Crippen LogP contribution in [0.5, 0.6) is 0 Å². The number of rotatable bonds is 2. The van der Waals surface area contributed by atoms with Crippen LogP contribution in [0.1, 0.15) is 40.9 Å². The van der Waals surface area contributed by atoms with Crippen LogP contribution in [0.3, 0.4) is 0 Å². The van der Waals surface area contributed by atoms with E-state index in [2.05, 4.69) is 39.1 Å². The van der Waals surface area contributed by atoms with E-state index in [0.717, 1.165) is 13.0 Å². The molecule has 1 saturated heterocycles. The quantitative estimate of drug-likeness (QED) is 0.629. The zero-order valence-corrected chi connectivity index (χ0v) is 12.5. The van der Waals surface area contributed by atoms with Gasteiger partial charge in [0, 0.05) is 12.5 Å². The zero-order chi connectivity index (χ0) is 15.4. The fraction of sp³-hybridized carbons (Fsp3) is 0.375. The van der Waals surface area contributed by atoms with Gasteiger partial charge in [-0.05, 0) is 31.4 Å². The van der Waals surface area contributed by atoms with Crippen LogP contribution in [-0.4, -0.2) is 21.4 Å². The lowest BCUT2D eigenvalue weighted by Gasteiger charge is -2.29. The molecule has 1 aromatic carbocycles. The molecule has 0 saturated carbocycles. The maximum atomic E-state index is 11.1. The van der Waals surface area contributed by atoms with Gasteiger partial charge in [0.05, 0.1) is 11.0 Å². The molecule has 1 fully saturated rings. The normalized spacial score (nSPS) is 22.0. The molecule has 0 spiro atoms. The van der Waals surface area contributed by atoms with Crippen LogP contribution in [0.4, 0.5) is 11.6 Å². The topological polar surface area (TPSA) is 72.2 Å². The van der Waals surface area contributed by atoms with E-state index in [1.807, 2.05) is 0 Å². The number of nitrogens with zero attached hydrogens (tertiary/aromatic N) is 4. The summed E-state index contributed by atoms with van der Waals surface area (Å²) in [6.07, 6.45) is 1.08. The summed E-state index contributed by atoms with van der Waals surface area (Å²) in [4.78, 5) is 21.7. The van der Waals surface area contributed by atoms with E-state index in [1.165, 1.54) is 11.1 Å². The van der Waals surface area contributed by atoms with E-state index in [0.29, 0.717) is 29.3 Å². The Morgan fingerprint density at radius 1 is 1.18 bits per heavy atom. The van der Waals surface area contributed by atoms with Crippen molar-refractivity contribution in [1.29, 1.82) is 0 Å². The summed E-state index contributed by atoms with van der Waals surface area (Å²) in [6, 6.07) is 8.80. The molecule has 2 aliphatic rings. The van der Waals surface area contributed by atoms with E-state index in [-0.39, 0.29) is 5.69 Å². The third-order valence-electron chi connectivity index (χ3n) is 4.76. The van der Waals surface area contributed by atoms with E-state index in [1.54, 1.807) is 13.8 Å². The Hall–Kier alpha value is -2.50. The van der Waals surface area contributed by atoms with Gasteiger partial charge < -0.3 is 4.90 Å². The molecule has 4 rings (SSSR count). The molecule has 0 amide bonds. The van der Waals surface area contributed by atoms with Crippen LogP contribution >= 0.6 is 0 Å². The molecule has 0 N–H and O–H groups in total. The molecule has 1 aliphatic carbocycles. The lowest BCUT2D eigenvalue weighted by atomic mass is 9.99. The summed E-state index contributed by atoms with van der Waals surface area (Å²) >= 11 is 0. The van der Waals surface area contributed by atoms with Crippen LogP contribution in [0.2, 0.25) is 0 Å². The SMILES string of the molecule is Cc1nc(N2CC3CC2c2ccccc23)nc(C)c1[N+](=O)[O-]. The van der Waals surface area contributed by atoms with Gasteiger partial charge >= 0.3 is 5.69 Å². The van der Waals surface area contributed by atoms with E-state index < -0.39 is 4.92 Å². The van der Waals surface area contributed by atoms with Gasteiger partial charge in [-0.1, -0.05) is 24.3 Å². The summed E-state index contributed by atoms with van der Waals surface area (Å²) in [5, 5.41) is 11.1. The average Bonchev–Trinajstić information content (AvgIpc) is 3.05. The predicted octanol–water partition coefficient (Wildman–Crippen LogP) is 3.05. The first-order chi connectivity index (χ1) is 10.6. The first kappa shape index (κ1) is 13.2. The van der Waals surface area contributed by atoms with E-state index in [9.17, 15) is 10.1 Å². The van der Waals surface area contributed by atoms with Gasteiger partial charge in [-0.15, -0.1) is 0 Å². The van der Waals surface area contributed by atoms with Gasteiger partial charge in [0.1, 0.15) is 11.4 Å². The van der Waals surface area contributed by atoms with Gasteiger partial charge in [-0.3, -0.25) is 10.1 Å². The minimum Gasteiger partial charge on any atom is -0.333 e. The third-order valence-corrected chi connectivity index (χ3v) is 4.76. The van der Waals surface area contributed by atoms with Crippen LogP contribution in [-0.2, 0) is 0 Å².